The Morgan fingerprint density at radius 1 is 0.970 bits per heavy atom. The molecule has 0 bridgehead atoms. The van der Waals surface area contributed by atoms with E-state index in [1.165, 1.54) is 23.1 Å². The van der Waals surface area contributed by atoms with Crippen LogP contribution in [0.1, 0.15) is 5.01 Å². The molecule has 174 valence electrons. The maximum absolute atomic E-state index is 11.3. The Labute approximate surface area is 200 Å². The number of thioether (sulfide) groups is 1. The molecule has 0 unspecified atom stereocenters. The molecule has 1 aliphatic rings. The summed E-state index contributed by atoms with van der Waals surface area (Å²) in [6, 6.07) is 15.2. The molecule has 0 radical (unpaired) electrons. The van der Waals surface area contributed by atoms with Gasteiger partial charge in [-0.1, -0.05) is 53.1 Å². The van der Waals surface area contributed by atoms with Crippen LogP contribution in [0.15, 0.2) is 70.3 Å². The Bertz CT molecular complexity index is 1470. The lowest BCUT2D eigenvalue weighted by molar-refractivity contribution is -0.669. The fourth-order valence-corrected chi connectivity index (χ4v) is 6.54. The van der Waals surface area contributed by atoms with Crippen molar-refractivity contribution in [2.24, 2.45) is 0 Å². The number of thiazole rings is 1. The van der Waals surface area contributed by atoms with Gasteiger partial charge in [-0.25, -0.2) is 0 Å². The largest absolute Gasteiger partial charge is 0.327 e. The first-order chi connectivity index (χ1) is 15.6. The lowest BCUT2D eigenvalue weighted by atomic mass is 10.3. The van der Waals surface area contributed by atoms with Gasteiger partial charge in [0.25, 0.3) is 20.2 Å². The molecule has 0 amide bonds. The summed E-state index contributed by atoms with van der Waals surface area (Å²) in [4.78, 5) is 2.77. The zero-order valence-corrected chi connectivity index (χ0v) is 20.6. The highest BCUT2D eigenvalue weighted by Gasteiger charge is 2.26. The molecule has 12 heteroatoms. The third-order valence-corrected chi connectivity index (χ3v) is 8.62. The van der Waals surface area contributed by atoms with Gasteiger partial charge in [0.15, 0.2) is 6.54 Å². The van der Waals surface area contributed by atoms with Gasteiger partial charge in [-0.05, 0) is 24.3 Å². The SMILES string of the molecule is O=S(=O)(O)CCN1C(=C=CCc2sc3ccccc3[n+]2CCS(=O)(=O)O)Sc2ccccc21. The Hall–Kier alpha value is -2.18. The van der Waals surface area contributed by atoms with Crippen molar-refractivity contribution in [3.05, 3.63) is 70.4 Å². The summed E-state index contributed by atoms with van der Waals surface area (Å²) in [5.41, 5.74) is 4.98. The third-order valence-electron chi connectivity index (χ3n) is 4.94. The van der Waals surface area contributed by atoms with Gasteiger partial charge < -0.3 is 4.90 Å². The van der Waals surface area contributed by atoms with Crippen molar-refractivity contribution in [1.82, 2.24) is 0 Å². The lowest BCUT2D eigenvalue weighted by Crippen LogP contribution is -2.39. The molecule has 0 saturated carbocycles. The minimum absolute atomic E-state index is 0.0935. The van der Waals surface area contributed by atoms with Crippen molar-refractivity contribution in [2.45, 2.75) is 17.9 Å². The maximum atomic E-state index is 11.3. The molecular formula is C21H21N2O6S4+. The molecule has 1 aromatic heterocycles. The van der Waals surface area contributed by atoms with Crippen LogP contribution in [0.3, 0.4) is 0 Å². The van der Waals surface area contributed by atoms with E-state index in [4.69, 9.17) is 0 Å². The van der Waals surface area contributed by atoms with Gasteiger partial charge in [-0.2, -0.15) is 21.4 Å². The van der Waals surface area contributed by atoms with Crippen LogP contribution < -0.4 is 9.47 Å². The van der Waals surface area contributed by atoms with Crippen LogP contribution in [0.2, 0.25) is 0 Å². The molecular weight excluding hydrogens is 505 g/mol. The van der Waals surface area contributed by atoms with Crippen LogP contribution in [-0.2, 0) is 33.2 Å². The Balaban J connectivity index is 1.64. The predicted molar refractivity (Wildman–Crippen MR) is 130 cm³/mol. The Morgan fingerprint density at radius 2 is 1.67 bits per heavy atom. The number of aromatic nitrogens is 1. The number of hydrogen-bond acceptors (Lipinski definition) is 7. The standard InChI is InChI=1S/C21H20N2O6S4/c24-32(25,26)14-12-22-16-6-1-3-8-18(16)30-20(22)10-5-11-21-23(13-15-33(27,28)29)17-7-2-4-9-19(17)31-21/h1-9H,10,12-15H2,(H-,24,25,26,27,28,29)/p+1. The van der Waals surface area contributed by atoms with Crippen LogP contribution in [-0.4, -0.2) is 44.0 Å². The summed E-state index contributed by atoms with van der Waals surface area (Å²) in [6.07, 6.45) is 2.29. The molecule has 2 N–H and O–H groups in total. The average molecular weight is 526 g/mol. The highest BCUT2D eigenvalue weighted by Crippen LogP contribution is 2.45. The number of anilines is 1. The van der Waals surface area contributed by atoms with Gasteiger partial charge in [0.05, 0.1) is 17.9 Å². The molecule has 0 spiro atoms. The Morgan fingerprint density at radius 3 is 2.42 bits per heavy atom. The van der Waals surface area contributed by atoms with Crippen LogP contribution >= 0.6 is 23.1 Å². The van der Waals surface area contributed by atoms with Crippen molar-refractivity contribution in [3.63, 3.8) is 0 Å². The van der Waals surface area contributed by atoms with E-state index in [1.54, 1.807) is 0 Å². The second-order valence-electron chi connectivity index (χ2n) is 7.27. The van der Waals surface area contributed by atoms with Gasteiger partial charge in [0.2, 0.25) is 10.5 Å². The van der Waals surface area contributed by atoms with Gasteiger partial charge >= 0.3 is 0 Å². The van der Waals surface area contributed by atoms with Crippen LogP contribution in [0.5, 0.6) is 0 Å². The van der Waals surface area contributed by atoms with E-state index in [9.17, 15) is 25.9 Å². The van der Waals surface area contributed by atoms with E-state index in [-0.39, 0.29) is 18.8 Å². The van der Waals surface area contributed by atoms with Crippen molar-refractivity contribution in [2.75, 3.05) is 23.0 Å². The number of rotatable bonds is 8. The van der Waals surface area contributed by atoms with E-state index in [2.05, 4.69) is 5.73 Å². The first-order valence-electron chi connectivity index (χ1n) is 9.91. The van der Waals surface area contributed by atoms with E-state index in [1.807, 2.05) is 64.1 Å². The summed E-state index contributed by atoms with van der Waals surface area (Å²) < 4.78 is 66.4. The minimum Gasteiger partial charge on any atom is -0.327 e. The van der Waals surface area contributed by atoms with Gasteiger partial charge in [-0.3, -0.25) is 9.11 Å². The number of para-hydroxylation sites is 2. The topological polar surface area (TPSA) is 116 Å². The van der Waals surface area contributed by atoms with Crippen LogP contribution in [0.4, 0.5) is 5.69 Å². The molecule has 0 aliphatic carbocycles. The first kappa shape index (κ1) is 24.0. The predicted octanol–water partition coefficient (Wildman–Crippen LogP) is 3.12. The van der Waals surface area contributed by atoms with E-state index in [0.29, 0.717) is 11.4 Å². The lowest BCUT2D eigenvalue weighted by Gasteiger charge is -2.18. The van der Waals surface area contributed by atoms with Gasteiger partial charge in [0, 0.05) is 17.5 Å². The second kappa shape index (κ2) is 9.59. The number of benzene rings is 2. The van der Waals surface area contributed by atoms with Crippen LogP contribution in [0, 0.1) is 0 Å². The molecule has 33 heavy (non-hydrogen) atoms. The highest BCUT2D eigenvalue weighted by molar-refractivity contribution is 8.03. The maximum Gasteiger partial charge on any atom is 0.271 e. The quantitative estimate of drug-likeness (QED) is 0.262. The monoisotopic (exact) mass is 525 g/mol. The number of hydrogen-bond donors (Lipinski definition) is 2. The molecule has 2 heterocycles. The van der Waals surface area contributed by atoms with E-state index < -0.39 is 26.0 Å². The van der Waals surface area contributed by atoms with Crippen molar-refractivity contribution in [1.29, 1.82) is 0 Å². The summed E-state index contributed by atoms with van der Waals surface area (Å²) in [5.74, 6) is -0.788. The molecule has 0 atom stereocenters. The highest BCUT2D eigenvalue weighted by atomic mass is 32.2. The smallest absolute Gasteiger partial charge is 0.271 e. The summed E-state index contributed by atoms with van der Waals surface area (Å²) in [7, 11) is -8.21. The van der Waals surface area contributed by atoms with Gasteiger partial charge in [-0.15, -0.1) is 0 Å². The summed E-state index contributed by atoms with van der Waals surface area (Å²) in [5, 5.41) is 1.61. The zero-order chi connectivity index (χ0) is 23.6. The fraction of sp³-hybridized carbons (Fsp3) is 0.238. The zero-order valence-electron chi connectivity index (χ0n) is 17.3. The summed E-state index contributed by atoms with van der Waals surface area (Å²) >= 11 is 2.99. The molecule has 4 rings (SSSR count). The molecule has 3 aromatic rings. The van der Waals surface area contributed by atoms with Crippen molar-refractivity contribution in [3.8, 4) is 0 Å². The molecule has 2 aromatic carbocycles. The average Bonchev–Trinajstić information content (AvgIpc) is 3.27. The van der Waals surface area contributed by atoms with Crippen molar-refractivity contribution >= 4 is 59.2 Å². The summed E-state index contributed by atoms with van der Waals surface area (Å²) in [6.45, 7) is 0.222. The number of aryl methyl sites for hydroxylation is 1. The number of nitrogens with zero attached hydrogens (tertiary/aromatic N) is 2. The molecule has 8 nitrogen and oxygen atoms in total. The van der Waals surface area contributed by atoms with E-state index >= 15 is 0 Å². The van der Waals surface area contributed by atoms with Crippen LogP contribution in [0.25, 0.3) is 10.2 Å². The molecule has 1 aliphatic heterocycles. The fourth-order valence-electron chi connectivity index (χ4n) is 3.48. The first-order valence-corrected chi connectivity index (χ1v) is 14.8. The Kier molecular flexibility index (Phi) is 6.96. The third kappa shape index (κ3) is 6.04. The number of allylic oxidation sites excluding steroid dienone is 1. The molecule has 0 fully saturated rings. The van der Waals surface area contributed by atoms with E-state index in [0.717, 1.165) is 25.8 Å². The number of fused-ring (bicyclic) bond motifs is 2. The normalized spacial score (nSPS) is 13.9. The van der Waals surface area contributed by atoms with Crippen molar-refractivity contribution < 1.29 is 30.5 Å². The molecule has 0 saturated heterocycles. The minimum atomic E-state index is -4.11. The van der Waals surface area contributed by atoms with Gasteiger partial charge in [0.1, 0.15) is 15.5 Å². The second-order valence-corrected chi connectivity index (χ2v) is 12.6.